The number of carbonyl (C=O) groups is 1. The van der Waals surface area contributed by atoms with Gasteiger partial charge in [0.15, 0.2) is 11.6 Å². The summed E-state index contributed by atoms with van der Waals surface area (Å²) < 4.78 is 26.2. The van der Waals surface area contributed by atoms with Crippen LogP contribution in [-0.2, 0) is 9.53 Å². The van der Waals surface area contributed by atoms with E-state index in [1.807, 2.05) is 13.8 Å². The van der Waals surface area contributed by atoms with Gasteiger partial charge in [0, 0.05) is 37.2 Å². The lowest BCUT2D eigenvalue weighted by molar-refractivity contribution is -0.118. The highest BCUT2D eigenvalue weighted by Crippen LogP contribution is 2.27. The lowest BCUT2D eigenvalue weighted by atomic mass is 9.94. The van der Waals surface area contributed by atoms with E-state index < -0.39 is 5.82 Å². The van der Waals surface area contributed by atoms with Gasteiger partial charge in [0.25, 0.3) is 5.88 Å². The van der Waals surface area contributed by atoms with Crippen LogP contribution in [0.1, 0.15) is 51.5 Å². The third kappa shape index (κ3) is 6.29. The van der Waals surface area contributed by atoms with E-state index in [2.05, 4.69) is 15.0 Å². The summed E-state index contributed by atoms with van der Waals surface area (Å²) in [6.45, 7) is 6.11. The van der Waals surface area contributed by atoms with Crippen molar-refractivity contribution < 1.29 is 18.7 Å². The number of carbonyl (C=O) groups excluding carboxylic acids is 1. The highest BCUT2D eigenvalue weighted by atomic mass is 19.1. The van der Waals surface area contributed by atoms with E-state index >= 15 is 0 Å². The predicted octanol–water partition coefficient (Wildman–Crippen LogP) is 4.31. The first-order chi connectivity index (χ1) is 13.9. The van der Waals surface area contributed by atoms with Gasteiger partial charge >= 0.3 is 0 Å². The molecule has 1 saturated carbocycles. The minimum atomic E-state index is -0.511. The average molecular weight is 401 g/mol. The van der Waals surface area contributed by atoms with Crippen LogP contribution in [0.3, 0.4) is 0 Å². The molecule has 0 aromatic carbocycles. The summed E-state index contributed by atoms with van der Waals surface area (Å²) >= 11 is 0. The van der Waals surface area contributed by atoms with Gasteiger partial charge in [-0.3, -0.25) is 0 Å². The van der Waals surface area contributed by atoms with Crippen LogP contribution in [0.25, 0.3) is 11.4 Å². The van der Waals surface area contributed by atoms with Gasteiger partial charge in [-0.2, -0.15) is 0 Å². The van der Waals surface area contributed by atoms with Crippen LogP contribution in [0.5, 0.6) is 5.88 Å². The van der Waals surface area contributed by atoms with Crippen LogP contribution in [0.2, 0.25) is 0 Å². The van der Waals surface area contributed by atoms with E-state index in [0.29, 0.717) is 24.4 Å². The fourth-order valence-corrected chi connectivity index (χ4v) is 3.50. The van der Waals surface area contributed by atoms with Crippen molar-refractivity contribution in [2.45, 2.75) is 65.1 Å². The summed E-state index contributed by atoms with van der Waals surface area (Å²) in [6.07, 6.45) is 8.84. The molecule has 0 N–H and O–H groups in total. The molecule has 6 nitrogen and oxygen atoms in total. The Balaban J connectivity index is 1.49. The highest BCUT2D eigenvalue weighted by molar-refractivity contribution is 5.75. The Labute approximate surface area is 170 Å². The van der Waals surface area contributed by atoms with E-state index in [4.69, 9.17) is 9.47 Å². The standard InChI is InChI=1S/C22H28FN3O3/c1-14(8-16(3)27)13-28-18-4-6-19(7-5-18)29-22-20(23)9-17(12-26-22)21-24-10-15(2)11-25-21/h9-12,14,18-19H,4-8,13H2,1-3H3/t14-,18?,19?/m1/s1. The molecule has 29 heavy (non-hydrogen) atoms. The molecule has 2 heterocycles. The molecule has 0 spiro atoms. The van der Waals surface area contributed by atoms with Crippen LogP contribution in [-0.4, -0.2) is 39.5 Å². The van der Waals surface area contributed by atoms with Crippen molar-refractivity contribution in [3.05, 3.63) is 36.0 Å². The number of aryl methyl sites for hydroxylation is 1. The van der Waals surface area contributed by atoms with Gasteiger partial charge in [-0.15, -0.1) is 0 Å². The van der Waals surface area contributed by atoms with Gasteiger partial charge < -0.3 is 14.3 Å². The molecular formula is C22H28FN3O3. The molecule has 1 atom stereocenters. The Kier molecular flexibility index (Phi) is 7.25. The van der Waals surface area contributed by atoms with Gasteiger partial charge in [0.05, 0.1) is 6.10 Å². The monoisotopic (exact) mass is 401 g/mol. The van der Waals surface area contributed by atoms with Crippen LogP contribution in [0.4, 0.5) is 4.39 Å². The predicted molar refractivity (Wildman–Crippen MR) is 107 cm³/mol. The minimum absolute atomic E-state index is 0.0142. The van der Waals surface area contributed by atoms with Crippen molar-refractivity contribution in [1.82, 2.24) is 15.0 Å². The number of pyridine rings is 1. The van der Waals surface area contributed by atoms with E-state index in [1.165, 1.54) is 12.3 Å². The number of nitrogens with zero attached hydrogens (tertiary/aromatic N) is 3. The normalized spacial score (nSPS) is 20.3. The molecule has 1 aliphatic rings. The van der Waals surface area contributed by atoms with Crippen molar-refractivity contribution in [3.8, 4) is 17.3 Å². The Morgan fingerprint density at radius 1 is 1.14 bits per heavy atom. The summed E-state index contributed by atoms with van der Waals surface area (Å²) in [5.74, 6) is 0.358. The second-order valence-electron chi connectivity index (χ2n) is 7.96. The fourth-order valence-electron chi connectivity index (χ4n) is 3.50. The van der Waals surface area contributed by atoms with Crippen molar-refractivity contribution in [1.29, 1.82) is 0 Å². The summed E-state index contributed by atoms with van der Waals surface area (Å²) in [4.78, 5) is 23.7. The molecule has 156 valence electrons. The molecule has 3 rings (SSSR count). The molecule has 0 amide bonds. The SMILES string of the molecule is CC(=O)C[C@@H](C)COC1CCC(Oc2ncc(-c3ncc(C)cn3)cc2F)CC1. The Bertz CT molecular complexity index is 821. The number of Topliss-reactive ketones (excluding diaryl/α,β-unsaturated/α-hetero) is 1. The summed E-state index contributed by atoms with van der Waals surface area (Å²) in [5.41, 5.74) is 1.46. The van der Waals surface area contributed by atoms with Gasteiger partial charge in [-0.05, 0) is 57.1 Å². The van der Waals surface area contributed by atoms with E-state index in [1.54, 1.807) is 19.3 Å². The largest absolute Gasteiger partial charge is 0.472 e. The summed E-state index contributed by atoms with van der Waals surface area (Å²) in [5, 5.41) is 0. The molecule has 0 aliphatic heterocycles. The molecule has 0 radical (unpaired) electrons. The third-order valence-corrected chi connectivity index (χ3v) is 5.00. The zero-order valence-electron chi connectivity index (χ0n) is 17.2. The fraction of sp³-hybridized carbons (Fsp3) is 0.545. The summed E-state index contributed by atoms with van der Waals surface area (Å²) in [6, 6.07) is 1.36. The number of halogens is 1. The van der Waals surface area contributed by atoms with Crippen molar-refractivity contribution in [2.75, 3.05) is 6.61 Å². The van der Waals surface area contributed by atoms with Gasteiger partial charge in [0.2, 0.25) is 0 Å². The average Bonchev–Trinajstić information content (AvgIpc) is 2.69. The number of hydrogen-bond donors (Lipinski definition) is 0. The maximum absolute atomic E-state index is 14.5. The number of ether oxygens (including phenoxy) is 2. The maximum atomic E-state index is 14.5. The van der Waals surface area contributed by atoms with Crippen molar-refractivity contribution in [3.63, 3.8) is 0 Å². The minimum Gasteiger partial charge on any atom is -0.472 e. The quantitative estimate of drug-likeness (QED) is 0.656. The lowest BCUT2D eigenvalue weighted by Gasteiger charge is -2.29. The second kappa shape index (κ2) is 9.87. The van der Waals surface area contributed by atoms with E-state index in [-0.39, 0.29) is 29.8 Å². The molecule has 1 aliphatic carbocycles. The molecule has 0 saturated heterocycles. The number of rotatable bonds is 8. The highest BCUT2D eigenvalue weighted by Gasteiger charge is 2.25. The Hall–Kier alpha value is -2.41. The lowest BCUT2D eigenvalue weighted by Crippen LogP contribution is -2.30. The molecule has 0 bridgehead atoms. The Morgan fingerprint density at radius 2 is 1.79 bits per heavy atom. The van der Waals surface area contributed by atoms with E-state index in [0.717, 1.165) is 31.2 Å². The zero-order chi connectivity index (χ0) is 20.8. The molecular weight excluding hydrogens is 373 g/mol. The smallest absolute Gasteiger partial charge is 0.250 e. The Morgan fingerprint density at radius 3 is 2.41 bits per heavy atom. The molecule has 2 aromatic heterocycles. The van der Waals surface area contributed by atoms with E-state index in [9.17, 15) is 9.18 Å². The zero-order valence-corrected chi connectivity index (χ0v) is 17.2. The molecule has 2 aromatic rings. The number of hydrogen-bond acceptors (Lipinski definition) is 6. The molecule has 1 fully saturated rings. The van der Waals surface area contributed by atoms with Crippen LogP contribution < -0.4 is 4.74 Å². The van der Waals surface area contributed by atoms with Gasteiger partial charge in [-0.25, -0.2) is 19.3 Å². The van der Waals surface area contributed by atoms with Crippen LogP contribution in [0, 0.1) is 18.7 Å². The first-order valence-corrected chi connectivity index (χ1v) is 10.1. The van der Waals surface area contributed by atoms with Crippen molar-refractivity contribution >= 4 is 5.78 Å². The first kappa shape index (κ1) is 21.3. The van der Waals surface area contributed by atoms with Gasteiger partial charge in [0.1, 0.15) is 11.9 Å². The van der Waals surface area contributed by atoms with Crippen molar-refractivity contribution in [2.24, 2.45) is 5.92 Å². The van der Waals surface area contributed by atoms with Crippen LogP contribution in [0.15, 0.2) is 24.7 Å². The summed E-state index contributed by atoms with van der Waals surface area (Å²) in [7, 11) is 0. The maximum Gasteiger partial charge on any atom is 0.250 e. The molecule has 7 heteroatoms. The number of aromatic nitrogens is 3. The first-order valence-electron chi connectivity index (χ1n) is 10.1. The van der Waals surface area contributed by atoms with Gasteiger partial charge in [-0.1, -0.05) is 6.92 Å². The number of ketones is 1. The topological polar surface area (TPSA) is 74.2 Å². The molecule has 0 unspecified atom stereocenters. The second-order valence-corrected chi connectivity index (χ2v) is 7.96. The third-order valence-electron chi connectivity index (χ3n) is 5.00. The van der Waals surface area contributed by atoms with Crippen LogP contribution >= 0.6 is 0 Å².